The van der Waals surface area contributed by atoms with E-state index in [0.717, 1.165) is 6.54 Å². The van der Waals surface area contributed by atoms with Crippen LogP contribution in [0.1, 0.15) is 15.2 Å². The molecule has 0 saturated carbocycles. The third-order valence-corrected chi connectivity index (χ3v) is 4.15. The van der Waals surface area contributed by atoms with Crippen LogP contribution in [0.2, 0.25) is 0 Å². The number of rotatable bonds is 7. The Morgan fingerprint density at radius 3 is 2.71 bits per heavy atom. The fourth-order valence-electron chi connectivity index (χ4n) is 2.03. The molecule has 0 radical (unpaired) electrons. The quantitative estimate of drug-likeness (QED) is 0.406. The van der Waals surface area contributed by atoms with Gasteiger partial charge < -0.3 is 20.7 Å². The van der Waals surface area contributed by atoms with Crippen LogP contribution in [-0.2, 0) is 6.54 Å². The number of ether oxygens (including phenoxy) is 1. The first-order valence-electron chi connectivity index (χ1n) is 7.62. The molecule has 6 nitrogen and oxygen atoms in total. The third-order valence-electron chi connectivity index (χ3n) is 3.27. The summed E-state index contributed by atoms with van der Waals surface area (Å²) in [7, 11) is 3.30. The van der Waals surface area contributed by atoms with Gasteiger partial charge in [0.25, 0.3) is 5.91 Å². The zero-order valence-corrected chi connectivity index (χ0v) is 14.7. The second kappa shape index (κ2) is 9.57. The molecule has 128 valence electrons. The minimum absolute atomic E-state index is 0.128. The molecule has 3 N–H and O–H groups in total. The molecule has 0 bridgehead atoms. The number of benzene rings is 1. The Morgan fingerprint density at radius 1 is 1.17 bits per heavy atom. The highest BCUT2D eigenvalue weighted by atomic mass is 32.1. The summed E-state index contributed by atoms with van der Waals surface area (Å²) in [6, 6.07) is 11.2. The van der Waals surface area contributed by atoms with E-state index in [1.54, 1.807) is 43.7 Å². The molecule has 0 atom stereocenters. The first-order chi connectivity index (χ1) is 11.7. The summed E-state index contributed by atoms with van der Waals surface area (Å²) in [4.78, 5) is 17.5. The molecule has 1 heterocycles. The van der Waals surface area contributed by atoms with Crippen LogP contribution in [0.25, 0.3) is 0 Å². The topological polar surface area (TPSA) is 74.8 Å². The summed E-state index contributed by atoms with van der Waals surface area (Å²) in [6.07, 6.45) is 0. The van der Waals surface area contributed by atoms with E-state index in [1.807, 2.05) is 17.5 Å². The van der Waals surface area contributed by atoms with Crippen molar-refractivity contribution in [2.45, 2.75) is 6.54 Å². The van der Waals surface area contributed by atoms with Crippen LogP contribution >= 0.6 is 11.3 Å². The van der Waals surface area contributed by atoms with E-state index in [0.29, 0.717) is 30.4 Å². The van der Waals surface area contributed by atoms with Crippen molar-refractivity contribution < 1.29 is 9.53 Å². The molecule has 0 saturated heterocycles. The largest absolute Gasteiger partial charge is 0.497 e. The lowest BCUT2D eigenvalue weighted by Gasteiger charge is -2.12. The normalized spacial score (nSPS) is 11.0. The lowest BCUT2D eigenvalue weighted by Crippen LogP contribution is -2.41. The van der Waals surface area contributed by atoms with Gasteiger partial charge in [0, 0.05) is 30.6 Å². The van der Waals surface area contributed by atoms with Crippen LogP contribution < -0.4 is 20.7 Å². The maximum atomic E-state index is 12.1. The Labute approximate surface area is 146 Å². The van der Waals surface area contributed by atoms with E-state index < -0.39 is 0 Å². The van der Waals surface area contributed by atoms with Crippen molar-refractivity contribution in [3.63, 3.8) is 0 Å². The van der Waals surface area contributed by atoms with Crippen molar-refractivity contribution in [1.82, 2.24) is 16.0 Å². The Morgan fingerprint density at radius 2 is 2.00 bits per heavy atom. The number of methoxy groups -OCH3 is 1. The first-order valence-corrected chi connectivity index (χ1v) is 8.50. The Hall–Kier alpha value is -2.54. The molecule has 1 aromatic heterocycles. The van der Waals surface area contributed by atoms with Crippen LogP contribution in [0, 0.1) is 0 Å². The molecule has 7 heteroatoms. The number of thiophene rings is 1. The van der Waals surface area contributed by atoms with Gasteiger partial charge in [-0.15, -0.1) is 11.3 Å². The molecular weight excluding hydrogens is 324 g/mol. The number of hydrogen-bond acceptors (Lipinski definition) is 4. The molecule has 0 unspecified atom stereocenters. The molecule has 0 spiro atoms. The number of carbonyl (C=O) groups excluding carboxylic acids is 1. The van der Waals surface area contributed by atoms with E-state index in [2.05, 4.69) is 27.0 Å². The van der Waals surface area contributed by atoms with E-state index >= 15 is 0 Å². The monoisotopic (exact) mass is 346 g/mol. The minimum Gasteiger partial charge on any atom is -0.497 e. The summed E-state index contributed by atoms with van der Waals surface area (Å²) in [5.41, 5.74) is 0.578. The van der Waals surface area contributed by atoms with Gasteiger partial charge in [-0.1, -0.05) is 12.1 Å². The minimum atomic E-state index is -0.128. The van der Waals surface area contributed by atoms with Crippen LogP contribution in [0.15, 0.2) is 46.8 Å². The van der Waals surface area contributed by atoms with Gasteiger partial charge in [0.1, 0.15) is 5.75 Å². The Bertz CT molecular complexity index is 671. The summed E-state index contributed by atoms with van der Waals surface area (Å²) in [5.74, 6) is 1.25. The van der Waals surface area contributed by atoms with Crippen LogP contribution in [0.4, 0.5) is 0 Å². The second-order valence-corrected chi connectivity index (χ2v) is 5.95. The number of aliphatic imine (C=N–C) groups is 1. The molecule has 2 rings (SSSR count). The van der Waals surface area contributed by atoms with Gasteiger partial charge in [0.05, 0.1) is 13.7 Å². The highest BCUT2D eigenvalue weighted by Crippen LogP contribution is 2.12. The van der Waals surface area contributed by atoms with Gasteiger partial charge in [-0.2, -0.15) is 0 Å². The number of guanidine groups is 1. The number of nitrogens with zero attached hydrogens (tertiary/aromatic N) is 1. The van der Waals surface area contributed by atoms with E-state index in [-0.39, 0.29) is 5.91 Å². The molecule has 0 fully saturated rings. The average Bonchev–Trinajstić information content (AvgIpc) is 3.14. The van der Waals surface area contributed by atoms with Crippen molar-refractivity contribution in [3.8, 4) is 5.75 Å². The van der Waals surface area contributed by atoms with Crippen molar-refractivity contribution in [3.05, 3.63) is 52.2 Å². The zero-order valence-electron chi connectivity index (χ0n) is 13.8. The lowest BCUT2D eigenvalue weighted by atomic mass is 10.2. The van der Waals surface area contributed by atoms with Gasteiger partial charge in [0.2, 0.25) is 0 Å². The predicted octanol–water partition coefficient (Wildman–Crippen LogP) is 1.85. The third kappa shape index (κ3) is 5.58. The Kier molecular flexibility index (Phi) is 7.10. The molecule has 1 aromatic carbocycles. The molecule has 24 heavy (non-hydrogen) atoms. The second-order valence-electron chi connectivity index (χ2n) is 4.92. The van der Waals surface area contributed by atoms with Crippen molar-refractivity contribution >= 4 is 23.2 Å². The van der Waals surface area contributed by atoms with Crippen molar-refractivity contribution in [2.75, 3.05) is 27.2 Å². The standard InChI is InChI=1S/C17H22N4O2S/c1-18-17(21-12-15-7-4-10-24-15)20-9-8-19-16(22)13-5-3-6-14(11-13)23-2/h3-7,10-11H,8-9,12H2,1-2H3,(H,19,22)(H2,18,20,21). The van der Waals surface area contributed by atoms with Gasteiger partial charge in [-0.25, -0.2) is 0 Å². The van der Waals surface area contributed by atoms with Gasteiger partial charge in [0.15, 0.2) is 5.96 Å². The predicted molar refractivity (Wildman–Crippen MR) is 97.8 cm³/mol. The number of amides is 1. The van der Waals surface area contributed by atoms with Crippen LogP contribution in [-0.4, -0.2) is 39.1 Å². The number of nitrogens with one attached hydrogen (secondary N) is 3. The molecule has 1 amide bonds. The fraction of sp³-hybridized carbons (Fsp3) is 0.294. The van der Waals surface area contributed by atoms with Gasteiger partial charge >= 0.3 is 0 Å². The molecule has 0 aliphatic heterocycles. The zero-order chi connectivity index (χ0) is 17.2. The van der Waals surface area contributed by atoms with E-state index in [4.69, 9.17) is 4.74 Å². The maximum absolute atomic E-state index is 12.1. The van der Waals surface area contributed by atoms with Crippen molar-refractivity contribution in [1.29, 1.82) is 0 Å². The smallest absolute Gasteiger partial charge is 0.251 e. The maximum Gasteiger partial charge on any atom is 0.251 e. The molecule has 2 aromatic rings. The Balaban J connectivity index is 1.70. The SMILES string of the molecule is CN=C(NCCNC(=O)c1cccc(OC)c1)NCc1cccs1. The van der Waals surface area contributed by atoms with Crippen molar-refractivity contribution in [2.24, 2.45) is 4.99 Å². The lowest BCUT2D eigenvalue weighted by molar-refractivity contribution is 0.0954. The highest BCUT2D eigenvalue weighted by molar-refractivity contribution is 7.09. The summed E-state index contributed by atoms with van der Waals surface area (Å²) < 4.78 is 5.12. The van der Waals surface area contributed by atoms with E-state index in [9.17, 15) is 4.79 Å². The summed E-state index contributed by atoms with van der Waals surface area (Å²) >= 11 is 1.70. The fourth-order valence-corrected chi connectivity index (χ4v) is 2.67. The van der Waals surface area contributed by atoms with Crippen LogP contribution in [0.5, 0.6) is 5.75 Å². The molecule has 0 aliphatic rings. The number of carbonyl (C=O) groups is 1. The average molecular weight is 346 g/mol. The van der Waals surface area contributed by atoms with E-state index in [1.165, 1.54) is 4.88 Å². The van der Waals surface area contributed by atoms with Gasteiger partial charge in [-0.05, 0) is 29.6 Å². The van der Waals surface area contributed by atoms with Gasteiger partial charge in [-0.3, -0.25) is 9.79 Å². The summed E-state index contributed by atoms with van der Waals surface area (Å²) in [5, 5.41) is 11.3. The first kappa shape index (κ1) is 17.8. The molecular formula is C17H22N4O2S. The highest BCUT2D eigenvalue weighted by Gasteiger charge is 2.06. The van der Waals surface area contributed by atoms with Crippen LogP contribution in [0.3, 0.4) is 0 Å². The number of hydrogen-bond donors (Lipinski definition) is 3. The molecule has 0 aliphatic carbocycles. The summed E-state index contributed by atoms with van der Waals surface area (Å²) in [6.45, 7) is 1.81.